The Balaban J connectivity index is 2.20. The molecule has 1 rings (SSSR count). The third-order valence-corrected chi connectivity index (χ3v) is 3.24. The first-order valence-electron chi connectivity index (χ1n) is 7.23. The fourth-order valence-electron chi connectivity index (χ4n) is 2.10. The number of urea groups is 1. The second-order valence-corrected chi connectivity index (χ2v) is 5.02. The van der Waals surface area contributed by atoms with Crippen molar-refractivity contribution in [2.75, 3.05) is 13.2 Å². The number of rotatable bonds is 8. The number of nitrogens with one attached hydrogen (secondary N) is 2. The predicted octanol–water partition coefficient (Wildman–Crippen LogP) is 1.35. The molecule has 6 heteroatoms. The minimum Gasteiger partial charge on any atom is -0.396 e. The maximum Gasteiger partial charge on any atom is 0.315 e. The Kier molecular flexibility index (Phi) is 7.08. The number of aryl methyl sites for hydroxylation is 3. The second kappa shape index (κ2) is 8.58. The van der Waals surface area contributed by atoms with E-state index >= 15 is 0 Å². The van der Waals surface area contributed by atoms with Gasteiger partial charge in [-0.05, 0) is 39.2 Å². The van der Waals surface area contributed by atoms with E-state index in [1.807, 2.05) is 31.5 Å². The summed E-state index contributed by atoms with van der Waals surface area (Å²) in [5.74, 6) is 0. The molecule has 1 atom stereocenters. The summed E-state index contributed by atoms with van der Waals surface area (Å²) in [6.45, 7) is 7.50. The van der Waals surface area contributed by atoms with E-state index in [1.54, 1.807) is 0 Å². The van der Waals surface area contributed by atoms with Crippen LogP contribution in [-0.2, 0) is 6.54 Å². The Morgan fingerprint density at radius 1 is 1.50 bits per heavy atom. The number of carbonyl (C=O) groups is 1. The zero-order chi connectivity index (χ0) is 15.0. The molecule has 0 aliphatic rings. The molecule has 1 heterocycles. The van der Waals surface area contributed by atoms with E-state index in [9.17, 15) is 4.79 Å². The van der Waals surface area contributed by atoms with Crippen molar-refractivity contribution in [3.63, 3.8) is 0 Å². The summed E-state index contributed by atoms with van der Waals surface area (Å²) in [5, 5.41) is 18.9. The number of aromatic nitrogens is 2. The highest BCUT2D eigenvalue weighted by atomic mass is 16.3. The van der Waals surface area contributed by atoms with Crippen LogP contribution in [-0.4, -0.2) is 40.1 Å². The topological polar surface area (TPSA) is 79.2 Å². The fourth-order valence-corrected chi connectivity index (χ4v) is 2.10. The number of amides is 2. The molecule has 0 saturated carbocycles. The van der Waals surface area contributed by atoms with Crippen LogP contribution in [0.2, 0.25) is 0 Å². The van der Waals surface area contributed by atoms with Crippen LogP contribution in [0.15, 0.2) is 6.07 Å². The molecule has 0 bridgehead atoms. The van der Waals surface area contributed by atoms with Crippen LogP contribution in [0.5, 0.6) is 0 Å². The van der Waals surface area contributed by atoms with Gasteiger partial charge in [0, 0.05) is 31.4 Å². The van der Waals surface area contributed by atoms with E-state index in [1.165, 1.54) is 0 Å². The molecule has 0 radical (unpaired) electrons. The van der Waals surface area contributed by atoms with Gasteiger partial charge in [0.05, 0.1) is 5.69 Å². The number of nitrogens with zero attached hydrogens (tertiary/aromatic N) is 2. The largest absolute Gasteiger partial charge is 0.396 e. The molecule has 20 heavy (non-hydrogen) atoms. The first-order chi connectivity index (χ1) is 9.56. The summed E-state index contributed by atoms with van der Waals surface area (Å²) >= 11 is 0. The number of aliphatic hydroxyl groups excluding tert-OH is 1. The van der Waals surface area contributed by atoms with Crippen LogP contribution in [0, 0.1) is 13.8 Å². The van der Waals surface area contributed by atoms with Crippen molar-refractivity contribution in [3.8, 4) is 0 Å². The maximum atomic E-state index is 11.6. The van der Waals surface area contributed by atoms with Gasteiger partial charge in [-0.25, -0.2) is 4.79 Å². The lowest BCUT2D eigenvalue weighted by Crippen LogP contribution is -2.42. The Labute approximate surface area is 120 Å². The van der Waals surface area contributed by atoms with Gasteiger partial charge in [0.15, 0.2) is 0 Å². The van der Waals surface area contributed by atoms with E-state index < -0.39 is 0 Å². The molecular weight excluding hydrogens is 256 g/mol. The van der Waals surface area contributed by atoms with Crippen LogP contribution in [0.1, 0.15) is 37.6 Å². The van der Waals surface area contributed by atoms with Crippen molar-refractivity contribution in [1.29, 1.82) is 0 Å². The van der Waals surface area contributed by atoms with Crippen LogP contribution in [0.4, 0.5) is 4.79 Å². The van der Waals surface area contributed by atoms with Gasteiger partial charge in [-0.15, -0.1) is 0 Å². The SMILES string of the molecule is CCC(CCO)NC(=O)NCCCn1nc(C)cc1C. The van der Waals surface area contributed by atoms with Crippen LogP contribution >= 0.6 is 0 Å². The standard InChI is InChI=1S/C14H26N4O2/c1-4-13(6-9-19)16-14(20)15-7-5-8-18-12(3)10-11(2)17-18/h10,13,19H,4-9H2,1-3H3,(H2,15,16,20). The molecule has 0 aliphatic carbocycles. The summed E-state index contributed by atoms with van der Waals surface area (Å²) in [5.41, 5.74) is 2.16. The summed E-state index contributed by atoms with van der Waals surface area (Å²) in [6.07, 6.45) is 2.25. The van der Waals surface area contributed by atoms with Crippen molar-refractivity contribution in [2.24, 2.45) is 0 Å². The van der Waals surface area contributed by atoms with Crippen molar-refractivity contribution < 1.29 is 9.90 Å². The van der Waals surface area contributed by atoms with E-state index in [0.29, 0.717) is 13.0 Å². The number of aliphatic hydroxyl groups is 1. The second-order valence-electron chi connectivity index (χ2n) is 5.02. The van der Waals surface area contributed by atoms with E-state index in [-0.39, 0.29) is 18.7 Å². The van der Waals surface area contributed by atoms with Gasteiger partial charge in [0.1, 0.15) is 0 Å². The molecule has 0 aliphatic heterocycles. The number of carbonyl (C=O) groups excluding carboxylic acids is 1. The minimum absolute atomic E-state index is 0.0380. The zero-order valence-electron chi connectivity index (χ0n) is 12.6. The smallest absolute Gasteiger partial charge is 0.315 e. The molecule has 0 spiro atoms. The molecule has 0 fully saturated rings. The minimum atomic E-state index is -0.168. The van der Waals surface area contributed by atoms with Crippen LogP contribution in [0.3, 0.4) is 0 Å². The predicted molar refractivity (Wildman–Crippen MR) is 78.6 cm³/mol. The van der Waals surface area contributed by atoms with Crippen molar-refractivity contribution in [3.05, 3.63) is 17.5 Å². The molecule has 114 valence electrons. The zero-order valence-corrected chi connectivity index (χ0v) is 12.6. The summed E-state index contributed by atoms with van der Waals surface area (Å²) in [4.78, 5) is 11.6. The van der Waals surface area contributed by atoms with Crippen molar-refractivity contribution in [2.45, 2.75) is 52.6 Å². The van der Waals surface area contributed by atoms with Crippen LogP contribution in [0.25, 0.3) is 0 Å². The molecule has 6 nitrogen and oxygen atoms in total. The average Bonchev–Trinajstić information content (AvgIpc) is 2.72. The third kappa shape index (κ3) is 5.61. The van der Waals surface area contributed by atoms with Gasteiger partial charge < -0.3 is 15.7 Å². The molecular formula is C14H26N4O2. The first-order valence-corrected chi connectivity index (χ1v) is 7.23. The van der Waals surface area contributed by atoms with Gasteiger partial charge in [0.2, 0.25) is 0 Å². The van der Waals surface area contributed by atoms with Gasteiger partial charge in [-0.2, -0.15) is 5.10 Å². The van der Waals surface area contributed by atoms with Gasteiger partial charge in [-0.1, -0.05) is 6.92 Å². The Hall–Kier alpha value is -1.56. The Morgan fingerprint density at radius 2 is 2.25 bits per heavy atom. The van der Waals surface area contributed by atoms with Gasteiger partial charge in [-0.3, -0.25) is 4.68 Å². The summed E-state index contributed by atoms with van der Waals surface area (Å²) < 4.78 is 1.95. The Morgan fingerprint density at radius 3 is 2.80 bits per heavy atom. The fraction of sp³-hybridized carbons (Fsp3) is 0.714. The van der Waals surface area contributed by atoms with Crippen molar-refractivity contribution >= 4 is 6.03 Å². The molecule has 1 aromatic heterocycles. The van der Waals surface area contributed by atoms with E-state index in [2.05, 4.69) is 15.7 Å². The Bertz CT molecular complexity index is 417. The lowest BCUT2D eigenvalue weighted by molar-refractivity contribution is 0.227. The van der Waals surface area contributed by atoms with Crippen molar-refractivity contribution in [1.82, 2.24) is 20.4 Å². The highest BCUT2D eigenvalue weighted by molar-refractivity contribution is 5.74. The molecule has 1 unspecified atom stereocenters. The lowest BCUT2D eigenvalue weighted by Gasteiger charge is -2.16. The summed E-state index contributed by atoms with van der Waals surface area (Å²) in [6, 6.07) is 1.91. The van der Waals surface area contributed by atoms with Gasteiger partial charge in [0.25, 0.3) is 0 Å². The molecule has 3 N–H and O–H groups in total. The first kappa shape index (κ1) is 16.5. The number of hydrogen-bond donors (Lipinski definition) is 3. The monoisotopic (exact) mass is 282 g/mol. The maximum absolute atomic E-state index is 11.6. The molecule has 0 saturated heterocycles. The quantitative estimate of drug-likeness (QED) is 0.630. The van der Waals surface area contributed by atoms with E-state index in [4.69, 9.17) is 5.11 Å². The van der Waals surface area contributed by atoms with E-state index in [0.717, 1.165) is 30.8 Å². The average molecular weight is 282 g/mol. The third-order valence-electron chi connectivity index (χ3n) is 3.24. The highest BCUT2D eigenvalue weighted by Crippen LogP contribution is 2.02. The molecule has 1 aromatic rings. The normalized spacial score (nSPS) is 12.2. The van der Waals surface area contributed by atoms with Crippen LogP contribution < -0.4 is 10.6 Å². The van der Waals surface area contributed by atoms with Gasteiger partial charge >= 0.3 is 6.03 Å². The lowest BCUT2D eigenvalue weighted by atomic mass is 10.2. The highest BCUT2D eigenvalue weighted by Gasteiger charge is 2.08. The molecule has 0 aromatic carbocycles. The summed E-state index contributed by atoms with van der Waals surface area (Å²) in [7, 11) is 0. The molecule has 2 amide bonds. The number of hydrogen-bond acceptors (Lipinski definition) is 3.